The summed E-state index contributed by atoms with van der Waals surface area (Å²) in [7, 11) is 0. The van der Waals surface area contributed by atoms with Crippen LogP contribution in [0, 0.1) is 0 Å². The maximum Gasteiger partial charge on any atom is 0.344 e. The predicted octanol–water partition coefficient (Wildman–Crippen LogP) is 2.06. The Balaban J connectivity index is 2.23. The first-order chi connectivity index (χ1) is 8.08. The number of aryl methyl sites for hydroxylation is 1. The number of ether oxygens (including phenoxy) is 1. The van der Waals surface area contributed by atoms with Crippen molar-refractivity contribution in [3.63, 3.8) is 0 Å². The van der Waals surface area contributed by atoms with Gasteiger partial charge in [-0.05, 0) is 37.5 Å². The van der Waals surface area contributed by atoms with Crippen molar-refractivity contribution in [1.82, 2.24) is 0 Å². The highest BCUT2D eigenvalue weighted by Gasteiger charge is 2.19. The zero-order valence-corrected chi connectivity index (χ0v) is 9.60. The van der Waals surface area contributed by atoms with Gasteiger partial charge in [0.15, 0.2) is 11.9 Å². The molecule has 0 heterocycles. The lowest BCUT2D eigenvalue weighted by molar-refractivity contribution is -0.144. The van der Waals surface area contributed by atoms with Gasteiger partial charge in [0, 0.05) is 12.0 Å². The number of fused-ring (bicyclic) bond motifs is 1. The number of benzene rings is 1. The van der Waals surface area contributed by atoms with Gasteiger partial charge in [0.1, 0.15) is 5.75 Å². The zero-order chi connectivity index (χ0) is 12.4. The number of aliphatic carboxylic acids is 1. The van der Waals surface area contributed by atoms with Gasteiger partial charge in [-0.25, -0.2) is 4.79 Å². The largest absolute Gasteiger partial charge is 0.479 e. The Kier molecular flexibility index (Phi) is 3.13. The highest BCUT2D eigenvalue weighted by Crippen LogP contribution is 2.25. The number of Topliss-reactive ketones (excluding diaryl/α,β-unsaturated/α-hetero) is 1. The number of carbonyl (C=O) groups excluding carboxylic acids is 1. The molecule has 1 atom stereocenters. The van der Waals surface area contributed by atoms with E-state index in [1.165, 1.54) is 6.92 Å². The van der Waals surface area contributed by atoms with Gasteiger partial charge in [-0.3, -0.25) is 4.79 Å². The molecular formula is C13H14O4. The average Bonchev–Trinajstić information content (AvgIpc) is 2.30. The van der Waals surface area contributed by atoms with Crippen molar-refractivity contribution in [3.05, 3.63) is 29.3 Å². The Labute approximate surface area is 99.2 Å². The Morgan fingerprint density at radius 2 is 2.18 bits per heavy atom. The molecule has 4 nitrogen and oxygen atoms in total. The smallest absolute Gasteiger partial charge is 0.344 e. The molecule has 1 N–H and O–H groups in total. The molecule has 0 spiro atoms. The van der Waals surface area contributed by atoms with Gasteiger partial charge in [-0.1, -0.05) is 6.07 Å². The number of ketones is 1. The molecule has 0 fully saturated rings. The van der Waals surface area contributed by atoms with Gasteiger partial charge in [0.2, 0.25) is 0 Å². The Hall–Kier alpha value is -1.84. The van der Waals surface area contributed by atoms with Crippen molar-refractivity contribution in [2.45, 2.75) is 32.3 Å². The van der Waals surface area contributed by atoms with Gasteiger partial charge in [-0.15, -0.1) is 0 Å². The lowest BCUT2D eigenvalue weighted by atomic mass is 9.90. The summed E-state index contributed by atoms with van der Waals surface area (Å²) in [5.74, 6) is -0.470. The highest BCUT2D eigenvalue weighted by molar-refractivity contribution is 5.98. The number of rotatable bonds is 3. The third-order valence-electron chi connectivity index (χ3n) is 2.89. The van der Waals surface area contributed by atoms with Crippen LogP contribution in [0.1, 0.15) is 35.7 Å². The Bertz CT molecular complexity index is 464. The monoisotopic (exact) mass is 234 g/mol. The van der Waals surface area contributed by atoms with Crippen LogP contribution in [0.3, 0.4) is 0 Å². The molecule has 2 rings (SSSR count). The SMILES string of the molecule is CC(Oc1ccc2c(c1)C(=O)CCC2)C(=O)O. The van der Waals surface area contributed by atoms with Crippen LogP contribution >= 0.6 is 0 Å². The van der Waals surface area contributed by atoms with Crippen LogP contribution in [0.2, 0.25) is 0 Å². The molecule has 1 aliphatic carbocycles. The maximum absolute atomic E-state index is 11.7. The topological polar surface area (TPSA) is 63.6 Å². The molecular weight excluding hydrogens is 220 g/mol. The molecule has 0 bridgehead atoms. The molecule has 0 amide bonds. The molecule has 4 heteroatoms. The van der Waals surface area contributed by atoms with E-state index in [9.17, 15) is 9.59 Å². The molecule has 90 valence electrons. The van der Waals surface area contributed by atoms with E-state index in [0.717, 1.165) is 18.4 Å². The number of hydrogen-bond acceptors (Lipinski definition) is 3. The minimum absolute atomic E-state index is 0.111. The van der Waals surface area contributed by atoms with Crippen molar-refractivity contribution < 1.29 is 19.4 Å². The van der Waals surface area contributed by atoms with Crippen molar-refractivity contribution in [2.24, 2.45) is 0 Å². The highest BCUT2D eigenvalue weighted by atomic mass is 16.5. The van der Waals surface area contributed by atoms with E-state index in [2.05, 4.69) is 0 Å². The van der Waals surface area contributed by atoms with Gasteiger partial charge in [0.25, 0.3) is 0 Å². The van der Waals surface area contributed by atoms with Crippen LogP contribution in [-0.2, 0) is 11.2 Å². The number of carboxylic acid groups (broad SMARTS) is 1. The van der Waals surface area contributed by atoms with Gasteiger partial charge in [0.05, 0.1) is 0 Å². The summed E-state index contributed by atoms with van der Waals surface area (Å²) in [5, 5.41) is 8.74. The molecule has 1 aromatic carbocycles. The normalized spacial score (nSPS) is 16.2. The van der Waals surface area contributed by atoms with Crippen molar-refractivity contribution in [2.75, 3.05) is 0 Å². The molecule has 0 saturated carbocycles. The van der Waals surface area contributed by atoms with Gasteiger partial charge >= 0.3 is 5.97 Å². The number of carbonyl (C=O) groups is 2. The first kappa shape index (κ1) is 11.6. The summed E-state index contributed by atoms with van der Waals surface area (Å²) >= 11 is 0. The van der Waals surface area contributed by atoms with E-state index in [1.807, 2.05) is 6.07 Å². The fourth-order valence-electron chi connectivity index (χ4n) is 1.94. The van der Waals surface area contributed by atoms with Crippen molar-refractivity contribution in [1.29, 1.82) is 0 Å². The van der Waals surface area contributed by atoms with Crippen LogP contribution in [0.25, 0.3) is 0 Å². The van der Waals surface area contributed by atoms with E-state index >= 15 is 0 Å². The van der Waals surface area contributed by atoms with Crippen LogP contribution in [0.4, 0.5) is 0 Å². The second-order valence-corrected chi connectivity index (χ2v) is 4.19. The number of carboxylic acids is 1. The summed E-state index contributed by atoms with van der Waals surface area (Å²) in [5.41, 5.74) is 1.70. The third-order valence-corrected chi connectivity index (χ3v) is 2.89. The summed E-state index contributed by atoms with van der Waals surface area (Å²) in [4.78, 5) is 22.4. The molecule has 0 aliphatic heterocycles. The van der Waals surface area contributed by atoms with E-state index in [1.54, 1.807) is 12.1 Å². The Morgan fingerprint density at radius 1 is 1.41 bits per heavy atom. The second-order valence-electron chi connectivity index (χ2n) is 4.19. The van der Waals surface area contributed by atoms with Crippen molar-refractivity contribution in [3.8, 4) is 5.75 Å². The van der Waals surface area contributed by atoms with Crippen LogP contribution in [0.15, 0.2) is 18.2 Å². The molecule has 0 aromatic heterocycles. The van der Waals surface area contributed by atoms with Crippen LogP contribution < -0.4 is 4.74 Å². The molecule has 1 aromatic rings. The summed E-state index contributed by atoms with van der Waals surface area (Å²) < 4.78 is 5.24. The maximum atomic E-state index is 11.7. The third kappa shape index (κ3) is 2.46. The van der Waals surface area contributed by atoms with E-state index < -0.39 is 12.1 Å². The number of hydrogen-bond donors (Lipinski definition) is 1. The minimum Gasteiger partial charge on any atom is -0.479 e. The molecule has 17 heavy (non-hydrogen) atoms. The predicted molar refractivity (Wildman–Crippen MR) is 61.4 cm³/mol. The van der Waals surface area contributed by atoms with E-state index in [4.69, 9.17) is 9.84 Å². The van der Waals surface area contributed by atoms with E-state index in [0.29, 0.717) is 17.7 Å². The standard InChI is InChI=1S/C13H14O4/c1-8(13(15)16)17-10-6-5-9-3-2-4-12(14)11(9)7-10/h5-8H,2-4H2,1H3,(H,15,16). The Morgan fingerprint density at radius 3 is 2.88 bits per heavy atom. The lowest BCUT2D eigenvalue weighted by Crippen LogP contribution is -2.23. The zero-order valence-electron chi connectivity index (χ0n) is 9.60. The van der Waals surface area contributed by atoms with Gasteiger partial charge < -0.3 is 9.84 Å². The molecule has 1 aliphatic rings. The summed E-state index contributed by atoms with van der Waals surface area (Å²) in [6.45, 7) is 1.46. The summed E-state index contributed by atoms with van der Waals surface area (Å²) in [6, 6.07) is 5.21. The fourth-order valence-corrected chi connectivity index (χ4v) is 1.94. The average molecular weight is 234 g/mol. The quantitative estimate of drug-likeness (QED) is 0.869. The van der Waals surface area contributed by atoms with Crippen LogP contribution in [-0.4, -0.2) is 23.0 Å². The lowest BCUT2D eigenvalue weighted by Gasteiger charge is -2.17. The summed E-state index contributed by atoms with van der Waals surface area (Å²) in [6.07, 6.45) is 1.44. The molecule has 0 radical (unpaired) electrons. The fraction of sp³-hybridized carbons (Fsp3) is 0.385. The van der Waals surface area contributed by atoms with Gasteiger partial charge in [-0.2, -0.15) is 0 Å². The first-order valence-electron chi connectivity index (χ1n) is 5.63. The first-order valence-corrected chi connectivity index (χ1v) is 5.63. The molecule has 1 unspecified atom stereocenters. The molecule has 0 saturated heterocycles. The van der Waals surface area contributed by atoms with E-state index in [-0.39, 0.29) is 5.78 Å². The van der Waals surface area contributed by atoms with Crippen molar-refractivity contribution >= 4 is 11.8 Å². The minimum atomic E-state index is -1.02. The second kappa shape index (κ2) is 4.57. The van der Waals surface area contributed by atoms with Crippen LogP contribution in [0.5, 0.6) is 5.75 Å².